The Bertz CT molecular complexity index is 540. The molecule has 0 saturated carbocycles. The summed E-state index contributed by atoms with van der Waals surface area (Å²) in [7, 11) is 0. The average molecular weight is 311 g/mol. The van der Waals surface area contributed by atoms with Crippen LogP contribution in [0, 0.1) is 0 Å². The molecular weight excluding hydrogens is 292 g/mol. The third-order valence-electron chi connectivity index (χ3n) is 2.96. The maximum absolute atomic E-state index is 5.95. The average Bonchev–Trinajstić information content (AvgIpc) is 2.98. The lowest BCUT2D eigenvalue weighted by atomic mass is 10.4. The number of rotatable bonds is 8. The number of nitrogens with one attached hydrogen (secondary N) is 1. The van der Waals surface area contributed by atoms with E-state index in [1.165, 1.54) is 0 Å². The van der Waals surface area contributed by atoms with Crippen LogP contribution < -0.4 is 10.2 Å². The predicted octanol–water partition coefficient (Wildman–Crippen LogP) is 1.46. The van der Waals surface area contributed by atoms with E-state index in [4.69, 9.17) is 11.6 Å². The second kappa shape index (κ2) is 7.72. The molecule has 0 aromatic carbocycles. The van der Waals surface area contributed by atoms with Crippen LogP contribution in [-0.4, -0.2) is 49.6 Å². The van der Waals surface area contributed by atoms with Crippen molar-refractivity contribution in [2.75, 3.05) is 29.9 Å². The highest BCUT2D eigenvalue weighted by Gasteiger charge is 2.09. The van der Waals surface area contributed by atoms with E-state index in [9.17, 15) is 0 Å². The van der Waals surface area contributed by atoms with Crippen LogP contribution in [0.2, 0.25) is 5.28 Å². The van der Waals surface area contributed by atoms with Crippen molar-refractivity contribution in [1.29, 1.82) is 0 Å². The van der Waals surface area contributed by atoms with Crippen molar-refractivity contribution in [3.63, 3.8) is 0 Å². The first-order valence-corrected chi connectivity index (χ1v) is 7.35. The molecule has 0 unspecified atom stereocenters. The van der Waals surface area contributed by atoms with Crippen LogP contribution in [0.25, 0.3) is 0 Å². The summed E-state index contributed by atoms with van der Waals surface area (Å²) in [4.78, 5) is 14.6. The lowest BCUT2D eigenvalue weighted by Crippen LogP contribution is -2.25. The van der Waals surface area contributed by atoms with Crippen LogP contribution >= 0.6 is 11.6 Å². The molecule has 0 spiro atoms. The van der Waals surface area contributed by atoms with Crippen LogP contribution in [0.3, 0.4) is 0 Å². The van der Waals surface area contributed by atoms with Crippen LogP contribution in [0.15, 0.2) is 12.4 Å². The standard InChI is InChI=1S/C12H19ClN8/c1-3-20(4-2)12-17-10(13)16-11(18-12)14-6-5-8-21-9-7-15-19-21/h7,9H,3-6,8H2,1-2H3,(H,14,16,17,18). The minimum Gasteiger partial charge on any atom is -0.354 e. The molecule has 0 fully saturated rings. The van der Waals surface area contributed by atoms with Crippen LogP contribution in [0.5, 0.6) is 0 Å². The van der Waals surface area contributed by atoms with Crippen molar-refractivity contribution >= 4 is 23.5 Å². The molecule has 1 N–H and O–H groups in total. The maximum atomic E-state index is 5.95. The van der Waals surface area contributed by atoms with Gasteiger partial charge in [0.15, 0.2) is 0 Å². The first kappa shape index (κ1) is 15.4. The normalized spacial score (nSPS) is 10.6. The molecule has 8 nitrogen and oxygen atoms in total. The Labute approximate surface area is 128 Å². The van der Waals surface area contributed by atoms with E-state index in [0.717, 1.165) is 32.6 Å². The molecule has 21 heavy (non-hydrogen) atoms. The molecule has 0 aliphatic heterocycles. The zero-order valence-electron chi connectivity index (χ0n) is 12.2. The van der Waals surface area contributed by atoms with E-state index in [-0.39, 0.29) is 5.28 Å². The fraction of sp³-hybridized carbons (Fsp3) is 0.583. The molecule has 2 heterocycles. The summed E-state index contributed by atoms with van der Waals surface area (Å²) < 4.78 is 1.78. The number of hydrogen-bond acceptors (Lipinski definition) is 7. The molecule has 0 aliphatic rings. The molecule has 2 rings (SSSR count). The van der Waals surface area contributed by atoms with Gasteiger partial charge in [-0.25, -0.2) is 0 Å². The SMILES string of the molecule is CCN(CC)c1nc(Cl)nc(NCCCn2ccnn2)n1. The van der Waals surface area contributed by atoms with Crippen LogP contribution in [0.4, 0.5) is 11.9 Å². The van der Waals surface area contributed by atoms with Gasteiger partial charge in [-0.1, -0.05) is 5.21 Å². The van der Waals surface area contributed by atoms with Gasteiger partial charge in [0.25, 0.3) is 0 Å². The monoisotopic (exact) mass is 310 g/mol. The van der Waals surface area contributed by atoms with Crippen LogP contribution in [0.1, 0.15) is 20.3 Å². The minimum atomic E-state index is 0.200. The minimum absolute atomic E-state index is 0.200. The molecule has 0 atom stereocenters. The second-order valence-corrected chi connectivity index (χ2v) is 4.68. The number of aromatic nitrogens is 6. The molecule has 0 bridgehead atoms. The lowest BCUT2D eigenvalue weighted by Gasteiger charge is -2.18. The number of aryl methyl sites for hydroxylation is 1. The third kappa shape index (κ3) is 4.52. The van der Waals surface area contributed by atoms with E-state index in [2.05, 4.69) is 30.6 Å². The van der Waals surface area contributed by atoms with Gasteiger partial charge in [-0.3, -0.25) is 4.68 Å². The Morgan fingerprint density at radius 3 is 2.71 bits per heavy atom. The molecule has 2 aromatic heterocycles. The van der Waals surface area contributed by atoms with E-state index < -0.39 is 0 Å². The number of halogens is 1. The molecular formula is C12H19ClN8. The second-order valence-electron chi connectivity index (χ2n) is 4.35. The zero-order valence-corrected chi connectivity index (χ0v) is 13.0. The summed E-state index contributed by atoms with van der Waals surface area (Å²) in [5.41, 5.74) is 0. The molecule has 0 aliphatic carbocycles. The quantitative estimate of drug-likeness (QED) is 0.739. The van der Waals surface area contributed by atoms with Crippen molar-refractivity contribution in [2.45, 2.75) is 26.8 Å². The largest absolute Gasteiger partial charge is 0.354 e. The Morgan fingerprint density at radius 1 is 1.24 bits per heavy atom. The van der Waals surface area contributed by atoms with Gasteiger partial charge in [0.05, 0.1) is 6.20 Å². The molecule has 2 aromatic rings. The van der Waals surface area contributed by atoms with E-state index in [1.54, 1.807) is 10.9 Å². The molecule has 9 heteroatoms. The van der Waals surface area contributed by atoms with Gasteiger partial charge >= 0.3 is 0 Å². The molecule has 114 valence electrons. The predicted molar refractivity (Wildman–Crippen MR) is 81.5 cm³/mol. The molecule has 0 amide bonds. The molecule has 0 saturated heterocycles. The van der Waals surface area contributed by atoms with E-state index in [0.29, 0.717) is 11.9 Å². The van der Waals surface area contributed by atoms with Crippen molar-refractivity contribution in [1.82, 2.24) is 29.9 Å². The summed E-state index contributed by atoms with van der Waals surface area (Å²) in [6, 6.07) is 0. The summed E-state index contributed by atoms with van der Waals surface area (Å²) in [6.07, 6.45) is 4.38. The Morgan fingerprint density at radius 2 is 2.05 bits per heavy atom. The number of hydrogen-bond donors (Lipinski definition) is 1. The van der Waals surface area contributed by atoms with Crippen molar-refractivity contribution < 1.29 is 0 Å². The first-order chi connectivity index (χ1) is 10.2. The zero-order chi connectivity index (χ0) is 15.1. The van der Waals surface area contributed by atoms with Gasteiger partial charge in [0, 0.05) is 32.4 Å². The highest BCUT2D eigenvalue weighted by Crippen LogP contribution is 2.13. The van der Waals surface area contributed by atoms with Crippen LogP contribution in [-0.2, 0) is 6.54 Å². The fourth-order valence-electron chi connectivity index (χ4n) is 1.86. The number of anilines is 2. The van der Waals surface area contributed by atoms with Gasteiger partial charge in [-0.2, -0.15) is 15.0 Å². The Hall–Kier alpha value is -1.96. The Balaban J connectivity index is 1.90. The van der Waals surface area contributed by atoms with Gasteiger partial charge < -0.3 is 10.2 Å². The molecule has 0 radical (unpaired) electrons. The highest BCUT2D eigenvalue weighted by molar-refractivity contribution is 6.28. The smallest absolute Gasteiger partial charge is 0.231 e. The van der Waals surface area contributed by atoms with E-state index in [1.807, 2.05) is 24.9 Å². The first-order valence-electron chi connectivity index (χ1n) is 6.97. The van der Waals surface area contributed by atoms with Crippen molar-refractivity contribution in [2.24, 2.45) is 0 Å². The fourth-order valence-corrected chi connectivity index (χ4v) is 2.02. The van der Waals surface area contributed by atoms with Gasteiger partial charge in [-0.05, 0) is 31.9 Å². The van der Waals surface area contributed by atoms with Gasteiger partial charge in [-0.15, -0.1) is 5.10 Å². The highest BCUT2D eigenvalue weighted by atomic mass is 35.5. The maximum Gasteiger partial charge on any atom is 0.231 e. The Kier molecular flexibility index (Phi) is 5.68. The number of nitrogens with zero attached hydrogens (tertiary/aromatic N) is 7. The van der Waals surface area contributed by atoms with Crippen molar-refractivity contribution in [3.8, 4) is 0 Å². The summed E-state index contributed by atoms with van der Waals surface area (Å²) in [6.45, 7) is 7.25. The summed E-state index contributed by atoms with van der Waals surface area (Å²) in [5, 5.41) is 11.0. The van der Waals surface area contributed by atoms with Crippen molar-refractivity contribution in [3.05, 3.63) is 17.7 Å². The topological polar surface area (TPSA) is 84.7 Å². The van der Waals surface area contributed by atoms with E-state index >= 15 is 0 Å². The lowest BCUT2D eigenvalue weighted by molar-refractivity contribution is 0.569. The van der Waals surface area contributed by atoms with Gasteiger partial charge in [0.2, 0.25) is 17.2 Å². The third-order valence-corrected chi connectivity index (χ3v) is 3.13. The summed E-state index contributed by atoms with van der Waals surface area (Å²) in [5.74, 6) is 1.09. The summed E-state index contributed by atoms with van der Waals surface area (Å²) >= 11 is 5.95. The van der Waals surface area contributed by atoms with Gasteiger partial charge in [0.1, 0.15) is 0 Å².